The molecular weight excluding hydrogens is 276 g/mol. The van der Waals surface area contributed by atoms with E-state index in [1.807, 2.05) is 13.0 Å². The Kier molecular flexibility index (Phi) is 3.99. The van der Waals surface area contributed by atoms with E-state index in [0.717, 1.165) is 5.56 Å². The van der Waals surface area contributed by atoms with E-state index in [2.05, 4.69) is 15.3 Å². The molecule has 0 saturated carbocycles. The Morgan fingerprint density at radius 1 is 1.33 bits per heavy atom. The minimum atomic E-state index is -0.284. The standard InChI is InChI=1S/C12H10Cl2FN3/c1-7(8-3-2-4-9(15)5-8)17-11-10(13)6-16-12(14)18-11/h2-7H,1H3,(H,16,17,18). The molecule has 3 nitrogen and oxygen atoms in total. The summed E-state index contributed by atoms with van der Waals surface area (Å²) in [7, 11) is 0. The summed E-state index contributed by atoms with van der Waals surface area (Å²) in [6.45, 7) is 1.88. The van der Waals surface area contributed by atoms with E-state index in [0.29, 0.717) is 10.8 Å². The average Bonchev–Trinajstić information content (AvgIpc) is 2.34. The molecule has 0 radical (unpaired) electrons. The number of benzene rings is 1. The second kappa shape index (κ2) is 5.50. The molecule has 0 spiro atoms. The first kappa shape index (κ1) is 13.1. The first-order chi connectivity index (χ1) is 8.56. The molecule has 1 aromatic heterocycles. The molecule has 0 amide bonds. The molecule has 2 aromatic rings. The van der Waals surface area contributed by atoms with Crippen LogP contribution in [-0.2, 0) is 0 Å². The molecule has 18 heavy (non-hydrogen) atoms. The van der Waals surface area contributed by atoms with Crippen molar-refractivity contribution in [1.82, 2.24) is 9.97 Å². The smallest absolute Gasteiger partial charge is 0.224 e. The number of aromatic nitrogens is 2. The summed E-state index contributed by atoms with van der Waals surface area (Å²) in [5.74, 6) is 0.140. The Morgan fingerprint density at radius 3 is 2.83 bits per heavy atom. The summed E-state index contributed by atoms with van der Waals surface area (Å²) < 4.78 is 13.1. The molecule has 0 aliphatic heterocycles. The van der Waals surface area contributed by atoms with Gasteiger partial charge < -0.3 is 5.32 Å². The molecule has 1 heterocycles. The SMILES string of the molecule is CC(Nc1nc(Cl)ncc1Cl)c1cccc(F)c1. The summed E-state index contributed by atoms with van der Waals surface area (Å²) in [4.78, 5) is 7.73. The van der Waals surface area contributed by atoms with Crippen molar-refractivity contribution >= 4 is 29.0 Å². The largest absolute Gasteiger partial charge is 0.362 e. The molecule has 6 heteroatoms. The van der Waals surface area contributed by atoms with Gasteiger partial charge in [0.15, 0.2) is 0 Å². The van der Waals surface area contributed by atoms with E-state index in [4.69, 9.17) is 23.2 Å². The first-order valence-electron chi connectivity index (χ1n) is 5.26. The molecule has 94 valence electrons. The number of hydrogen-bond donors (Lipinski definition) is 1. The fourth-order valence-corrected chi connectivity index (χ4v) is 1.79. The maximum Gasteiger partial charge on any atom is 0.224 e. The van der Waals surface area contributed by atoms with Crippen LogP contribution in [0.5, 0.6) is 0 Å². The summed E-state index contributed by atoms with van der Waals surface area (Å²) in [6.07, 6.45) is 1.41. The van der Waals surface area contributed by atoms with E-state index in [9.17, 15) is 4.39 Å². The first-order valence-corrected chi connectivity index (χ1v) is 6.02. The van der Waals surface area contributed by atoms with Gasteiger partial charge in [0.25, 0.3) is 0 Å². The molecule has 1 unspecified atom stereocenters. The fraction of sp³-hybridized carbons (Fsp3) is 0.167. The van der Waals surface area contributed by atoms with Gasteiger partial charge in [0, 0.05) is 0 Å². The normalized spacial score (nSPS) is 12.2. The lowest BCUT2D eigenvalue weighted by Gasteiger charge is -2.15. The second-order valence-corrected chi connectivity index (χ2v) is 4.50. The highest BCUT2D eigenvalue weighted by Gasteiger charge is 2.10. The predicted molar refractivity (Wildman–Crippen MR) is 70.5 cm³/mol. The van der Waals surface area contributed by atoms with Gasteiger partial charge in [0.05, 0.1) is 12.2 Å². The predicted octanol–water partition coefficient (Wildman–Crippen LogP) is 4.10. The van der Waals surface area contributed by atoms with Gasteiger partial charge in [-0.25, -0.2) is 9.37 Å². The van der Waals surface area contributed by atoms with Crippen molar-refractivity contribution in [2.45, 2.75) is 13.0 Å². The average molecular weight is 286 g/mol. The lowest BCUT2D eigenvalue weighted by molar-refractivity contribution is 0.623. The zero-order chi connectivity index (χ0) is 13.1. The lowest BCUT2D eigenvalue weighted by Crippen LogP contribution is -2.09. The highest BCUT2D eigenvalue weighted by molar-refractivity contribution is 6.33. The van der Waals surface area contributed by atoms with Crippen molar-refractivity contribution in [2.24, 2.45) is 0 Å². The van der Waals surface area contributed by atoms with E-state index in [1.54, 1.807) is 6.07 Å². The monoisotopic (exact) mass is 285 g/mol. The quantitative estimate of drug-likeness (QED) is 0.863. The summed E-state index contributed by atoms with van der Waals surface area (Å²) in [6, 6.07) is 6.16. The molecule has 0 aliphatic rings. The van der Waals surface area contributed by atoms with Crippen LogP contribution < -0.4 is 5.32 Å². The molecule has 2 rings (SSSR count). The van der Waals surface area contributed by atoms with Gasteiger partial charge in [-0.1, -0.05) is 23.7 Å². The van der Waals surface area contributed by atoms with Crippen LogP contribution in [0.2, 0.25) is 10.3 Å². The molecule has 0 saturated heterocycles. The molecule has 0 aliphatic carbocycles. The van der Waals surface area contributed by atoms with Crippen LogP contribution >= 0.6 is 23.2 Å². The van der Waals surface area contributed by atoms with Crippen LogP contribution in [0, 0.1) is 5.82 Å². The highest BCUT2D eigenvalue weighted by atomic mass is 35.5. The maximum absolute atomic E-state index is 13.1. The van der Waals surface area contributed by atoms with Gasteiger partial charge in [0.1, 0.15) is 16.7 Å². The Bertz CT molecular complexity index is 563. The van der Waals surface area contributed by atoms with Crippen molar-refractivity contribution in [1.29, 1.82) is 0 Å². The molecular formula is C12H10Cl2FN3. The Morgan fingerprint density at radius 2 is 2.11 bits per heavy atom. The molecule has 0 bridgehead atoms. The Hall–Kier alpha value is -1.39. The van der Waals surface area contributed by atoms with E-state index in [1.165, 1.54) is 18.3 Å². The van der Waals surface area contributed by atoms with Gasteiger partial charge in [-0.2, -0.15) is 4.98 Å². The van der Waals surface area contributed by atoms with Crippen molar-refractivity contribution < 1.29 is 4.39 Å². The molecule has 1 N–H and O–H groups in total. The minimum Gasteiger partial charge on any atom is -0.362 e. The fourth-order valence-electron chi connectivity index (χ4n) is 1.51. The lowest BCUT2D eigenvalue weighted by atomic mass is 10.1. The maximum atomic E-state index is 13.1. The zero-order valence-electron chi connectivity index (χ0n) is 9.49. The van der Waals surface area contributed by atoms with Crippen LogP contribution in [0.3, 0.4) is 0 Å². The van der Waals surface area contributed by atoms with Crippen molar-refractivity contribution in [3.63, 3.8) is 0 Å². The van der Waals surface area contributed by atoms with Crippen LogP contribution in [0.4, 0.5) is 10.2 Å². The molecule has 1 aromatic carbocycles. The molecule has 0 fully saturated rings. The van der Waals surface area contributed by atoms with E-state index >= 15 is 0 Å². The summed E-state index contributed by atoms with van der Waals surface area (Å²) in [5.41, 5.74) is 0.792. The van der Waals surface area contributed by atoms with Crippen LogP contribution in [-0.4, -0.2) is 9.97 Å². The van der Waals surface area contributed by atoms with Crippen LogP contribution in [0.1, 0.15) is 18.5 Å². The van der Waals surface area contributed by atoms with Crippen molar-refractivity contribution in [3.05, 3.63) is 52.1 Å². The van der Waals surface area contributed by atoms with Gasteiger partial charge in [-0.3, -0.25) is 0 Å². The van der Waals surface area contributed by atoms with E-state index < -0.39 is 0 Å². The van der Waals surface area contributed by atoms with Gasteiger partial charge in [-0.15, -0.1) is 0 Å². The number of hydrogen-bond acceptors (Lipinski definition) is 3. The van der Waals surface area contributed by atoms with Gasteiger partial charge >= 0.3 is 0 Å². The van der Waals surface area contributed by atoms with Crippen LogP contribution in [0.25, 0.3) is 0 Å². The number of nitrogens with zero attached hydrogens (tertiary/aromatic N) is 2. The third kappa shape index (κ3) is 3.09. The zero-order valence-corrected chi connectivity index (χ0v) is 11.0. The third-order valence-corrected chi connectivity index (χ3v) is 2.88. The Labute approximate surface area is 114 Å². The Balaban J connectivity index is 2.21. The minimum absolute atomic E-state index is 0.105. The number of rotatable bonds is 3. The van der Waals surface area contributed by atoms with Crippen molar-refractivity contribution in [3.8, 4) is 0 Å². The van der Waals surface area contributed by atoms with Crippen LogP contribution in [0.15, 0.2) is 30.5 Å². The number of nitrogens with one attached hydrogen (secondary N) is 1. The van der Waals surface area contributed by atoms with Gasteiger partial charge in [0.2, 0.25) is 5.28 Å². The molecule has 1 atom stereocenters. The van der Waals surface area contributed by atoms with Crippen molar-refractivity contribution in [2.75, 3.05) is 5.32 Å². The van der Waals surface area contributed by atoms with E-state index in [-0.39, 0.29) is 17.1 Å². The second-order valence-electron chi connectivity index (χ2n) is 3.76. The number of anilines is 1. The number of halogens is 3. The van der Waals surface area contributed by atoms with Gasteiger partial charge in [-0.05, 0) is 36.2 Å². The topological polar surface area (TPSA) is 37.8 Å². The summed E-state index contributed by atoms with van der Waals surface area (Å²) in [5, 5.41) is 3.53. The summed E-state index contributed by atoms with van der Waals surface area (Å²) >= 11 is 11.6. The third-order valence-electron chi connectivity index (χ3n) is 2.42. The highest BCUT2D eigenvalue weighted by Crippen LogP contribution is 2.24.